The Bertz CT molecular complexity index is 773. The van der Waals surface area contributed by atoms with E-state index in [1.54, 1.807) is 0 Å². The summed E-state index contributed by atoms with van der Waals surface area (Å²) in [6.07, 6.45) is 0. The van der Waals surface area contributed by atoms with Gasteiger partial charge in [-0.15, -0.1) is 0 Å². The van der Waals surface area contributed by atoms with Crippen LogP contribution in [-0.4, -0.2) is 9.55 Å². The third kappa shape index (κ3) is 2.41. The molecule has 0 aliphatic rings. The van der Waals surface area contributed by atoms with Crippen LogP contribution >= 0.6 is 31.9 Å². The Morgan fingerprint density at radius 3 is 2.45 bits per heavy atom. The molecule has 0 radical (unpaired) electrons. The zero-order valence-corrected chi connectivity index (χ0v) is 14.1. The first-order valence-electron chi connectivity index (χ1n) is 6.20. The standard InChI is InChI=1S/C15H13Br2N3/c1-20-14-3-2-9(8-18)4-13(14)19-15(20)10-5-11(16)7-12(17)6-10/h2-7H,8,18H2,1H3. The number of halogens is 2. The van der Waals surface area contributed by atoms with Gasteiger partial charge in [0.25, 0.3) is 0 Å². The van der Waals surface area contributed by atoms with Crippen LogP contribution in [0.4, 0.5) is 0 Å². The van der Waals surface area contributed by atoms with Crippen LogP contribution in [-0.2, 0) is 13.6 Å². The van der Waals surface area contributed by atoms with Crippen molar-refractivity contribution in [3.8, 4) is 11.4 Å². The highest BCUT2D eigenvalue weighted by molar-refractivity contribution is 9.11. The molecule has 2 aromatic carbocycles. The molecule has 0 aliphatic heterocycles. The molecule has 0 bridgehead atoms. The number of nitrogens with two attached hydrogens (primary N) is 1. The first-order valence-corrected chi connectivity index (χ1v) is 7.79. The van der Waals surface area contributed by atoms with Crippen molar-refractivity contribution < 1.29 is 0 Å². The Morgan fingerprint density at radius 2 is 1.80 bits per heavy atom. The number of aryl methyl sites for hydroxylation is 1. The van der Waals surface area contributed by atoms with Crippen molar-refractivity contribution in [2.24, 2.45) is 12.8 Å². The molecule has 3 rings (SSSR count). The summed E-state index contributed by atoms with van der Waals surface area (Å²) in [6.45, 7) is 0.532. The molecule has 3 nitrogen and oxygen atoms in total. The van der Waals surface area contributed by atoms with Crippen LogP contribution < -0.4 is 5.73 Å². The summed E-state index contributed by atoms with van der Waals surface area (Å²) >= 11 is 7.04. The van der Waals surface area contributed by atoms with Crippen molar-refractivity contribution in [2.75, 3.05) is 0 Å². The first-order chi connectivity index (χ1) is 9.58. The topological polar surface area (TPSA) is 43.8 Å². The Labute approximate surface area is 134 Å². The van der Waals surface area contributed by atoms with Gasteiger partial charge in [-0.05, 0) is 35.9 Å². The van der Waals surface area contributed by atoms with E-state index >= 15 is 0 Å². The Morgan fingerprint density at radius 1 is 1.10 bits per heavy atom. The van der Waals surface area contributed by atoms with Crippen molar-refractivity contribution in [1.29, 1.82) is 0 Å². The first kappa shape index (κ1) is 13.8. The molecule has 0 fully saturated rings. The van der Waals surface area contributed by atoms with E-state index < -0.39 is 0 Å². The molecule has 0 aliphatic carbocycles. The maximum absolute atomic E-state index is 5.69. The van der Waals surface area contributed by atoms with Crippen LogP contribution in [0.5, 0.6) is 0 Å². The minimum absolute atomic E-state index is 0.532. The van der Waals surface area contributed by atoms with Crippen LogP contribution in [0, 0.1) is 0 Å². The fraction of sp³-hybridized carbons (Fsp3) is 0.133. The smallest absolute Gasteiger partial charge is 0.140 e. The number of benzene rings is 2. The zero-order chi connectivity index (χ0) is 14.3. The van der Waals surface area contributed by atoms with Crippen molar-refractivity contribution in [1.82, 2.24) is 9.55 Å². The average molecular weight is 395 g/mol. The minimum Gasteiger partial charge on any atom is -0.327 e. The van der Waals surface area contributed by atoms with Gasteiger partial charge in [-0.1, -0.05) is 37.9 Å². The van der Waals surface area contributed by atoms with E-state index in [1.165, 1.54) is 0 Å². The number of fused-ring (bicyclic) bond motifs is 1. The highest BCUT2D eigenvalue weighted by Gasteiger charge is 2.11. The number of rotatable bonds is 2. The van der Waals surface area contributed by atoms with E-state index in [-0.39, 0.29) is 0 Å². The molecular formula is C15H13Br2N3. The highest BCUT2D eigenvalue weighted by Crippen LogP contribution is 2.29. The molecule has 20 heavy (non-hydrogen) atoms. The number of hydrogen-bond donors (Lipinski definition) is 1. The number of nitrogens with zero attached hydrogens (tertiary/aromatic N) is 2. The predicted molar refractivity (Wildman–Crippen MR) is 89.4 cm³/mol. The summed E-state index contributed by atoms with van der Waals surface area (Å²) < 4.78 is 4.15. The van der Waals surface area contributed by atoms with Crippen molar-refractivity contribution >= 4 is 42.9 Å². The highest BCUT2D eigenvalue weighted by atomic mass is 79.9. The molecule has 3 aromatic rings. The van der Waals surface area contributed by atoms with Gasteiger partial charge in [-0.2, -0.15) is 0 Å². The van der Waals surface area contributed by atoms with Crippen LogP contribution in [0.3, 0.4) is 0 Å². The minimum atomic E-state index is 0.532. The molecule has 1 aromatic heterocycles. The van der Waals surface area contributed by atoms with Crippen molar-refractivity contribution in [3.05, 3.63) is 50.9 Å². The van der Waals surface area contributed by atoms with Gasteiger partial charge in [0.05, 0.1) is 11.0 Å². The third-order valence-electron chi connectivity index (χ3n) is 3.30. The second-order valence-electron chi connectivity index (χ2n) is 4.68. The van der Waals surface area contributed by atoms with E-state index in [0.717, 1.165) is 36.9 Å². The Balaban J connectivity index is 2.23. The largest absolute Gasteiger partial charge is 0.327 e. The quantitative estimate of drug-likeness (QED) is 0.706. The maximum atomic E-state index is 5.69. The normalized spacial score (nSPS) is 11.2. The third-order valence-corrected chi connectivity index (χ3v) is 4.22. The maximum Gasteiger partial charge on any atom is 0.140 e. The van der Waals surface area contributed by atoms with Crippen molar-refractivity contribution in [3.63, 3.8) is 0 Å². The molecule has 1 heterocycles. The van der Waals surface area contributed by atoms with E-state index in [0.29, 0.717) is 6.54 Å². The number of aromatic nitrogens is 2. The monoisotopic (exact) mass is 393 g/mol. The molecular weight excluding hydrogens is 382 g/mol. The lowest BCUT2D eigenvalue weighted by Crippen LogP contribution is -1.95. The van der Waals surface area contributed by atoms with E-state index in [2.05, 4.69) is 54.6 Å². The summed E-state index contributed by atoms with van der Waals surface area (Å²) in [5, 5.41) is 0. The van der Waals surface area contributed by atoms with Crippen molar-refractivity contribution in [2.45, 2.75) is 6.54 Å². The van der Waals surface area contributed by atoms with Gasteiger partial charge in [0.2, 0.25) is 0 Å². The summed E-state index contributed by atoms with van der Waals surface area (Å²) in [4.78, 5) is 4.74. The lowest BCUT2D eigenvalue weighted by atomic mass is 10.2. The van der Waals surface area contributed by atoms with Gasteiger partial charge >= 0.3 is 0 Å². The van der Waals surface area contributed by atoms with Crippen LogP contribution in [0.25, 0.3) is 22.4 Å². The zero-order valence-electron chi connectivity index (χ0n) is 10.9. The van der Waals surface area contributed by atoms with Gasteiger partial charge in [-0.25, -0.2) is 4.98 Å². The van der Waals surface area contributed by atoms with Gasteiger partial charge in [0.15, 0.2) is 0 Å². The SMILES string of the molecule is Cn1c(-c2cc(Br)cc(Br)c2)nc2cc(CN)ccc21. The molecule has 0 unspecified atom stereocenters. The summed E-state index contributed by atoms with van der Waals surface area (Å²) in [5.41, 5.74) is 9.93. The van der Waals surface area contributed by atoms with Crippen LogP contribution in [0.1, 0.15) is 5.56 Å². The second kappa shape index (κ2) is 5.31. The summed E-state index contributed by atoms with van der Waals surface area (Å²) in [6, 6.07) is 12.3. The lowest BCUT2D eigenvalue weighted by Gasteiger charge is -2.04. The van der Waals surface area contributed by atoms with E-state index in [9.17, 15) is 0 Å². The van der Waals surface area contributed by atoms with E-state index in [1.807, 2.05) is 25.2 Å². The molecule has 102 valence electrons. The Kier molecular flexibility index (Phi) is 3.67. The van der Waals surface area contributed by atoms with E-state index in [4.69, 9.17) is 10.7 Å². The average Bonchev–Trinajstić information content (AvgIpc) is 2.74. The van der Waals surface area contributed by atoms with Crippen LogP contribution in [0.2, 0.25) is 0 Å². The van der Waals surface area contributed by atoms with Crippen LogP contribution in [0.15, 0.2) is 45.3 Å². The molecule has 5 heteroatoms. The van der Waals surface area contributed by atoms with Gasteiger partial charge in [-0.3, -0.25) is 0 Å². The molecule has 2 N–H and O–H groups in total. The molecule has 0 spiro atoms. The molecule has 0 amide bonds. The fourth-order valence-corrected chi connectivity index (χ4v) is 3.61. The fourth-order valence-electron chi connectivity index (χ4n) is 2.31. The van der Waals surface area contributed by atoms with Gasteiger partial charge in [0.1, 0.15) is 5.82 Å². The summed E-state index contributed by atoms with van der Waals surface area (Å²) in [5.74, 6) is 0.941. The van der Waals surface area contributed by atoms with Gasteiger partial charge < -0.3 is 10.3 Å². The number of hydrogen-bond acceptors (Lipinski definition) is 2. The molecule has 0 atom stereocenters. The molecule has 0 saturated heterocycles. The number of imidazole rings is 1. The molecule has 0 saturated carbocycles. The predicted octanol–water partition coefficient (Wildman–Crippen LogP) is 4.22. The Hall–Kier alpha value is -1.17. The van der Waals surface area contributed by atoms with Gasteiger partial charge in [0, 0.05) is 28.1 Å². The second-order valence-corrected chi connectivity index (χ2v) is 6.51. The lowest BCUT2D eigenvalue weighted by molar-refractivity contribution is 0.958. The summed E-state index contributed by atoms with van der Waals surface area (Å²) in [7, 11) is 2.03.